The quantitative estimate of drug-likeness (QED) is 0.625. The highest BCUT2D eigenvalue weighted by molar-refractivity contribution is 5.91. The normalized spacial score (nSPS) is 12.7. The van der Waals surface area contributed by atoms with Gasteiger partial charge in [-0.2, -0.15) is 13.2 Å². The Morgan fingerprint density at radius 2 is 1.91 bits per heavy atom. The Morgan fingerprint density at radius 1 is 1.26 bits per heavy atom. The van der Waals surface area contributed by atoms with Crippen LogP contribution in [0.1, 0.15) is 17.4 Å². The number of hydrogen-bond acceptors (Lipinski definition) is 3. The van der Waals surface area contributed by atoms with Crippen LogP contribution in [0.4, 0.5) is 17.6 Å². The molecule has 23 heavy (non-hydrogen) atoms. The molecule has 7 heteroatoms. The van der Waals surface area contributed by atoms with Crippen LogP contribution >= 0.6 is 0 Å². The Labute approximate surface area is 130 Å². The highest BCUT2D eigenvalue weighted by Gasteiger charge is 2.34. The lowest BCUT2D eigenvalue weighted by Gasteiger charge is -2.12. The summed E-state index contributed by atoms with van der Waals surface area (Å²) in [6.45, 7) is 0.123. The zero-order chi connectivity index (χ0) is 17.9. The van der Waals surface area contributed by atoms with E-state index in [1.54, 1.807) is 0 Å². The van der Waals surface area contributed by atoms with E-state index in [1.165, 1.54) is 18.2 Å². The third-order valence-corrected chi connectivity index (χ3v) is 2.97. The molecule has 0 radical (unpaired) electrons. The molecule has 3 nitrogen and oxygen atoms in total. The number of ether oxygens (including phenoxy) is 1. The first-order valence-electron chi connectivity index (χ1n) is 6.86. The number of carbonyl (C=O) groups is 1. The van der Waals surface area contributed by atoms with Crippen molar-refractivity contribution in [2.75, 3.05) is 7.11 Å². The van der Waals surface area contributed by atoms with Crippen molar-refractivity contribution >= 4 is 11.5 Å². The lowest BCUT2D eigenvalue weighted by molar-refractivity contribution is -0.0689. The van der Waals surface area contributed by atoms with Gasteiger partial charge in [-0.3, -0.25) is 0 Å². The molecule has 0 spiro atoms. The van der Waals surface area contributed by atoms with Gasteiger partial charge in [-0.1, -0.05) is 6.55 Å². The van der Waals surface area contributed by atoms with E-state index in [0.717, 1.165) is 25.3 Å². The van der Waals surface area contributed by atoms with E-state index < -0.39 is 29.2 Å². The maximum atomic E-state index is 13.0. The number of esters is 1. The Bertz CT molecular complexity index is 786. The van der Waals surface area contributed by atoms with Crippen molar-refractivity contribution in [3.05, 3.63) is 60.0 Å². The first kappa shape index (κ1) is 15.2. The summed E-state index contributed by atoms with van der Waals surface area (Å²) in [5, 5.41) is 0. The van der Waals surface area contributed by atoms with E-state index >= 15 is 0 Å². The fourth-order valence-electron chi connectivity index (χ4n) is 1.82. The molecule has 1 aromatic heterocycles. The molecule has 1 aromatic carbocycles. The number of nitrogens with zero attached hydrogens (tertiary/aromatic N) is 1. The van der Waals surface area contributed by atoms with Gasteiger partial charge in [0.15, 0.2) is 0 Å². The third kappa shape index (κ3) is 3.74. The molecule has 0 aliphatic heterocycles. The van der Waals surface area contributed by atoms with Gasteiger partial charge in [0.05, 0.1) is 31.0 Å². The highest BCUT2D eigenvalue weighted by Crippen LogP contribution is 2.33. The summed E-state index contributed by atoms with van der Waals surface area (Å²) in [5.74, 6) is -1.38. The monoisotopic (exact) mass is 326 g/mol. The maximum absolute atomic E-state index is 13.0. The zero-order valence-corrected chi connectivity index (χ0v) is 11.8. The van der Waals surface area contributed by atoms with Gasteiger partial charge >= 0.3 is 12.1 Å². The van der Waals surface area contributed by atoms with Crippen molar-refractivity contribution in [1.82, 2.24) is 4.98 Å². The molecule has 0 saturated heterocycles. The Balaban J connectivity index is 2.66. The number of carbonyl (C=O) groups excluding carboxylic acids is 1. The predicted octanol–water partition coefficient (Wildman–Crippen LogP) is 4.25. The number of pyridine rings is 1. The third-order valence-electron chi connectivity index (χ3n) is 2.97. The summed E-state index contributed by atoms with van der Waals surface area (Å²) < 4.78 is 63.6. The van der Waals surface area contributed by atoms with Crippen LogP contribution in [0.5, 0.6) is 0 Å². The molecule has 2 rings (SSSR count). The minimum Gasteiger partial charge on any atom is -0.465 e. The van der Waals surface area contributed by atoms with E-state index in [-0.39, 0.29) is 17.8 Å². The maximum Gasteiger partial charge on any atom is 0.417 e. The minimum atomic E-state index is -4.82. The van der Waals surface area contributed by atoms with E-state index in [2.05, 4.69) is 9.72 Å². The van der Waals surface area contributed by atoms with Crippen molar-refractivity contribution in [3.63, 3.8) is 0 Å². The summed E-state index contributed by atoms with van der Waals surface area (Å²) in [5.41, 5.74) is -1.73. The number of allylic oxidation sites excluding steroid dienone is 1. The highest BCUT2D eigenvalue weighted by atomic mass is 19.4. The first-order valence-corrected chi connectivity index (χ1v) is 6.28. The Hall–Kier alpha value is -2.70. The van der Waals surface area contributed by atoms with Gasteiger partial charge in [-0.05, 0) is 36.4 Å². The number of methoxy groups -OCH3 is 1. The average molecular weight is 326 g/mol. The standard InChI is InChI=1S/C16H11F4NO2/c1-9(16(18,19)20)13-7-11(15(22)23-2)8-14(21-13)10-3-5-12(17)6-4-10/h3-8H,1H2,2H3/i1D/b9-1-. The number of aromatic nitrogens is 1. The van der Waals surface area contributed by atoms with E-state index in [1.807, 2.05) is 0 Å². The van der Waals surface area contributed by atoms with E-state index in [0.29, 0.717) is 5.56 Å². The average Bonchev–Trinajstić information content (AvgIpc) is 2.53. The molecule has 0 fully saturated rings. The predicted molar refractivity (Wildman–Crippen MR) is 76.1 cm³/mol. The second-order valence-corrected chi connectivity index (χ2v) is 4.54. The van der Waals surface area contributed by atoms with E-state index in [4.69, 9.17) is 1.37 Å². The SMILES string of the molecule is [2H]/C=C(/c1cc(C(=O)OC)cc(-c2ccc(F)cc2)n1)C(F)(F)F. The summed E-state index contributed by atoms with van der Waals surface area (Å²) in [4.78, 5) is 15.6. The second-order valence-electron chi connectivity index (χ2n) is 4.54. The lowest BCUT2D eigenvalue weighted by Crippen LogP contribution is -2.12. The van der Waals surface area contributed by atoms with Gasteiger partial charge in [0.1, 0.15) is 5.82 Å². The van der Waals surface area contributed by atoms with Crippen molar-refractivity contribution < 1.29 is 28.5 Å². The van der Waals surface area contributed by atoms with Crippen molar-refractivity contribution in [2.45, 2.75) is 6.18 Å². The number of rotatable bonds is 3. The Kier molecular flexibility index (Phi) is 4.10. The minimum absolute atomic E-state index is 0.0245. The molecular formula is C16H11F4NO2. The van der Waals surface area contributed by atoms with Gasteiger partial charge in [0.2, 0.25) is 0 Å². The number of alkyl halides is 3. The van der Waals surface area contributed by atoms with Gasteiger partial charge in [0, 0.05) is 5.56 Å². The van der Waals surface area contributed by atoms with Crippen LogP contribution in [0.25, 0.3) is 16.8 Å². The van der Waals surface area contributed by atoms with Crippen LogP contribution < -0.4 is 0 Å². The smallest absolute Gasteiger partial charge is 0.417 e. The van der Waals surface area contributed by atoms with Gasteiger partial charge < -0.3 is 4.74 Å². The molecular weight excluding hydrogens is 314 g/mol. The van der Waals surface area contributed by atoms with Gasteiger partial charge in [-0.25, -0.2) is 14.2 Å². The fourth-order valence-corrected chi connectivity index (χ4v) is 1.82. The fraction of sp³-hybridized carbons (Fsp3) is 0.125. The molecule has 1 heterocycles. The number of hydrogen-bond donors (Lipinski definition) is 0. The largest absolute Gasteiger partial charge is 0.465 e. The van der Waals surface area contributed by atoms with Crippen LogP contribution in [-0.4, -0.2) is 24.2 Å². The molecule has 0 bridgehead atoms. The molecule has 0 unspecified atom stereocenters. The Morgan fingerprint density at radius 3 is 2.43 bits per heavy atom. The molecule has 0 N–H and O–H groups in total. The summed E-state index contributed by atoms with van der Waals surface area (Å²) in [6.07, 6.45) is -4.82. The molecule has 0 aliphatic rings. The van der Waals surface area contributed by atoms with Crippen LogP contribution in [-0.2, 0) is 4.74 Å². The molecule has 0 aliphatic carbocycles. The molecule has 0 atom stereocenters. The van der Waals surface area contributed by atoms with Crippen LogP contribution in [0.15, 0.2) is 43.0 Å². The number of halogens is 4. The lowest BCUT2D eigenvalue weighted by atomic mass is 10.1. The second kappa shape index (κ2) is 6.20. The van der Waals surface area contributed by atoms with Crippen LogP contribution in [0.3, 0.4) is 0 Å². The number of benzene rings is 1. The first-order chi connectivity index (χ1) is 11.3. The van der Waals surface area contributed by atoms with Gasteiger partial charge in [0.25, 0.3) is 0 Å². The van der Waals surface area contributed by atoms with Crippen LogP contribution in [0, 0.1) is 5.82 Å². The van der Waals surface area contributed by atoms with Crippen molar-refractivity contribution in [2.24, 2.45) is 0 Å². The van der Waals surface area contributed by atoms with Crippen molar-refractivity contribution in [1.29, 1.82) is 0 Å². The summed E-state index contributed by atoms with van der Waals surface area (Å²) >= 11 is 0. The zero-order valence-electron chi connectivity index (χ0n) is 12.8. The molecule has 2 aromatic rings. The topological polar surface area (TPSA) is 39.2 Å². The summed E-state index contributed by atoms with van der Waals surface area (Å²) in [6, 6.07) is 7.01. The molecule has 0 saturated carbocycles. The molecule has 0 amide bonds. The summed E-state index contributed by atoms with van der Waals surface area (Å²) in [7, 11) is 1.09. The van der Waals surface area contributed by atoms with Gasteiger partial charge in [-0.15, -0.1) is 0 Å². The molecule has 120 valence electrons. The van der Waals surface area contributed by atoms with Crippen molar-refractivity contribution in [3.8, 4) is 11.3 Å². The van der Waals surface area contributed by atoms with E-state index in [9.17, 15) is 22.4 Å². The van der Waals surface area contributed by atoms with Crippen LogP contribution in [0.2, 0.25) is 0 Å².